The molecule has 82 valence electrons. The van der Waals surface area contributed by atoms with Crippen LogP contribution in [0.15, 0.2) is 23.7 Å². The minimum Gasteiger partial charge on any atom is -0.406 e. The van der Waals surface area contributed by atoms with Crippen molar-refractivity contribution in [2.75, 3.05) is 0 Å². The SMILES string of the molecule is Cl.FC(F)(F)Oc1ccc2ncsc2c1. The van der Waals surface area contributed by atoms with E-state index in [0.29, 0.717) is 10.2 Å². The van der Waals surface area contributed by atoms with E-state index < -0.39 is 6.36 Å². The molecule has 2 rings (SSSR count). The Hall–Kier alpha value is -1.01. The van der Waals surface area contributed by atoms with Crippen molar-refractivity contribution in [3.05, 3.63) is 23.7 Å². The van der Waals surface area contributed by atoms with Crippen LogP contribution < -0.4 is 4.74 Å². The lowest BCUT2D eigenvalue weighted by Gasteiger charge is -2.07. The number of hydrogen-bond donors (Lipinski definition) is 0. The molecule has 2 nitrogen and oxygen atoms in total. The highest BCUT2D eigenvalue weighted by Gasteiger charge is 2.31. The largest absolute Gasteiger partial charge is 0.573 e. The highest BCUT2D eigenvalue weighted by molar-refractivity contribution is 7.16. The Morgan fingerprint density at radius 3 is 2.67 bits per heavy atom. The van der Waals surface area contributed by atoms with Crippen LogP contribution in [0, 0.1) is 0 Å². The van der Waals surface area contributed by atoms with Crippen molar-refractivity contribution in [3.63, 3.8) is 0 Å². The summed E-state index contributed by atoms with van der Waals surface area (Å²) in [7, 11) is 0. The van der Waals surface area contributed by atoms with E-state index in [0.717, 1.165) is 0 Å². The third-order valence-corrected chi connectivity index (χ3v) is 2.33. The van der Waals surface area contributed by atoms with Crippen molar-refractivity contribution in [1.29, 1.82) is 0 Å². The van der Waals surface area contributed by atoms with Gasteiger partial charge in [-0.15, -0.1) is 36.9 Å². The third kappa shape index (κ3) is 2.97. The lowest BCUT2D eigenvalue weighted by molar-refractivity contribution is -0.274. The average Bonchev–Trinajstić information content (AvgIpc) is 2.47. The van der Waals surface area contributed by atoms with E-state index >= 15 is 0 Å². The van der Waals surface area contributed by atoms with Gasteiger partial charge < -0.3 is 4.74 Å². The smallest absolute Gasteiger partial charge is 0.406 e. The molecule has 0 spiro atoms. The Balaban J connectivity index is 0.00000112. The summed E-state index contributed by atoms with van der Waals surface area (Å²) in [6.07, 6.45) is -4.64. The summed E-state index contributed by atoms with van der Waals surface area (Å²) in [6, 6.07) is 4.06. The third-order valence-electron chi connectivity index (χ3n) is 1.54. The van der Waals surface area contributed by atoms with E-state index in [4.69, 9.17) is 0 Å². The van der Waals surface area contributed by atoms with Crippen molar-refractivity contribution in [2.24, 2.45) is 0 Å². The summed E-state index contributed by atoms with van der Waals surface area (Å²) in [5.41, 5.74) is 2.24. The number of aromatic nitrogens is 1. The first-order valence-corrected chi connectivity index (χ1v) is 4.51. The molecule has 0 unspecified atom stereocenters. The van der Waals surface area contributed by atoms with Crippen molar-refractivity contribution in [2.45, 2.75) is 6.36 Å². The zero-order valence-corrected chi connectivity index (χ0v) is 8.75. The van der Waals surface area contributed by atoms with Crippen molar-refractivity contribution in [1.82, 2.24) is 4.98 Å². The van der Waals surface area contributed by atoms with Crippen molar-refractivity contribution in [3.8, 4) is 5.75 Å². The van der Waals surface area contributed by atoms with E-state index in [-0.39, 0.29) is 18.2 Å². The molecule has 15 heavy (non-hydrogen) atoms. The fourth-order valence-corrected chi connectivity index (χ4v) is 1.74. The molecular weight excluding hydrogens is 251 g/mol. The first kappa shape index (κ1) is 12.1. The number of rotatable bonds is 1. The van der Waals surface area contributed by atoms with Crippen LogP contribution in [0.25, 0.3) is 10.2 Å². The fraction of sp³-hybridized carbons (Fsp3) is 0.125. The molecule has 0 aliphatic carbocycles. The Labute approximate surface area is 93.1 Å². The normalized spacial score (nSPS) is 11.1. The zero-order chi connectivity index (χ0) is 10.2. The number of ether oxygens (including phenoxy) is 1. The van der Waals surface area contributed by atoms with Crippen LogP contribution in [-0.2, 0) is 0 Å². The van der Waals surface area contributed by atoms with Gasteiger partial charge in [0.2, 0.25) is 0 Å². The summed E-state index contributed by atoms with van der Waals surface area (Å²) in [5.74, 6) is -0.214. The molecule has 0 fully saturated rings. The van der Waals surface area contributed by atoms with Crippen LogP contribution in [0.1, 0.15) is 0 Å². The van der Waals surface area contributed by atoms with Gasteiger partial charge in [-0.1, -0.05) is 0 Å². The lowest BCUT2D eigenvalue weighted by atomic mass is 10.3. The van der Waals surface area contributed by atoms with Crippen molar-refractivity contribution >= 4 is 34.0 Å². The van der Waals surface area contributed by atoms with Gasteiger partial charge in [-0.2, -0.15) is 0 Å². The molecule has 0 bridgehead atoms. The van der Waals surface area contributed by atoms with Crippen molar-refractivity contribution < 1.29 is 17.9 Å². The molecule has 0 aliphatic heterocycles. The summed E-state index contributed by atoms with van der Waals surface area (Å²) in [6.45, 7) is 0. The number of hydrogen-bond acceptors (Lipinski definition) is 3. The highest BCUT2D eigenvalue weighted by atomic mass is 35.5. The minimum absolute atomic E-state index is 0. The second kappa shape index (κ2) is 4.24. The number of nitrogens with zero attached hydrogens (tertiary/aromatic N) is 1. The monoisotopic (exact) mass is 255 g/mol. The van der Waals surface area contributed by atoms with E-state index in [9.17, 15) is 13.2 Å². The summed E-state index contributed by atoms with van der Waals surface area (Å²) >= 11 is 1.27. The molecule has 0 atom stereocenters. The second-order valence-corrected chi connectivity index (χ2v) is 3.42. The maximum absolute atomic E-state index is 11.8. The molecule has 7 heteroatoms. The van der Waals surface area contributed by atoms with Crippen LogP contribution in [0.3, 0.4) is 0 Å². The Kier molecular flexibility index (Phi) is 3.41. The maximum atomic E-state index is 11.8. The first-order valence-electron chi connectivity index (χ1n) is 3.63. The van der Waals surface area contributed by atoms with Crippen LogP contribution in [0.5, 0.6) is 5.75 Å². The van der Waals surface area contributed by atoms with Gasteiger partial charge in [-0.25, -0.2) is 4.98 Å². The second-order valence-electron chi connectivity index (χ2n) is 2.53. The van der Waals surface area contributed by atoms with Gasteiger partial charge in [0, 0.05) is 0 Å². The summed E-state index contributed by atoms with van der Waals surface area (Å²) in [5, 5.41) is 0. The molecule has 1 heterocycles. The predicted molar refractivity (Wildman–Crippen MR) is 53.6 cm³/mol. The molecule has 0 saturated heterocycles. The molecule has 1 aromatic carbocycles. The molecular formula is C8H5ClF3NOS. The molecule has 0 radical (unpaired) electrons. The zero-order valence-electron chi connectivity index (χ0n) is 7.12. The number of halogens is 4. The quantitative estimate of drug-likeness (QED) is 0.776. The average molecular weight is 256 g/mol. The molecule has 0 aliphatic rings. The summed E-state index contributed by atoms with van der Waals surface area (Å²) in [4.78, 5) is 3.94. The topological polar surface area (TPSA) is 22.1 Å². The van der Waals surface area contributed by atoms with Gasteiger partial charge in [0.25, 0.3) is 0 Å². The molecule has 2 aromatic rings. The van der Waals surface area contributed by atoms with Gasteiger partial charge in [-0.05, 0) is 18.2 Å². The van der Waals surface area contributed by atoms with Crippen LogP contribution >= 0.6 is 23.7 Å². The Morgan fingerprint density at radius 1 is 1.27 bits per heavy atom. The van der Waals surface area contributed by atoms with Crippen LogP contribution in [0.2, 0.25) is 0 Å². The van der Waals surface area contributed by atoms with E-state index in [1.165, 1.54) is 29.5 Å². The van der Waals surface area contributed by atoms with Crippen LogP contribution in [0.4, 0.5) is 13.2 Å². The van der Waals surface area contributed by atoms with Gasteiger partial charge in [0.05, 0.1) is 15.7 Å². The van der Waals surface area contributed by atoms with E-state index in [1.54, 1.807) is 5.51 Å². The van der Waals surface area contributed by atoms with Crippen LogP contribution in [-0.4, -0.2) is 11.3 Å². The Morgan fingerprint density at radius 2 is 2.00 bits per heavy atom. The molecule has 0 saturated carbocycles. The van der Waals surface area contributed by atoms with E-state index in [2.05, 4.69) is 9.72 Å². The predicted octanol–water partition coefficient (Wildman–Crippen LogP) is 3.62. The molecule has 0 amide bonds. The Bertz CT molecular complexity index is 456. The number of alkyl halides is 3. The molecule has 1 aromatic heterocycles. The minimum atomic E-state index is -4.64. The maximum Gasteiger partial charge on any atom is 0.573 e. The van der Waals surface area contributed by atoms with Gasteiger partial charge in [-0.3, -0.25) is 0 Å². The summed E-state index contributed by atoms with van der Waals surface area (Å²) < 4.78 is 39.9. The molecule has 0 N–H and O–H groups in total. The first-order chi connectivity index (χ1) is 6.54. The van der Waals surface area contributed by atoms with Gasteiger partial charge >= 0.3 is 6.36 Å². The highest BCUT2D eigenvalue weighted by Crippen LogP contribution is 2.27. The number of benzene rings is 1. The van der Waals surface area contributed by atoms with E-state index in [1.807, 2.05) is 0 Å². The fourth-order valence-electron chi connectivity index (χ4n) is 1.03. The van der Waals surface area contributed by atoms with Gasteiger partial charge in [0.15, 0.2) is 0 Å². The lowest BCUT2D eigenvalue weighted by Crippen LogP contribution is -2.16. The number of thiazole rings is 1. The van der Waals surface area contributed by atoms with Gasteiger partial charge in [0.1, 0.15) is 5.75 Å². The number of fused-ring (bicyclic) bond motifs is 1. The standard InChI is InChI=1S/C8H4F3NOS.ClH/c9-8(10,11)13-5-1-2-6-7(3-5)14-4-12-6;/h1-4H;1H.